The maximum absolute atomic E-state index is 4.98. The minimum absolute atomic E-state index is 0.649. The van der Waals surface area contributed by atoms with Crippen LogP contribution in [0.4, 0.5) is 0 Å². The summed E-state index contributed by atoms with van der Waals surface area (Å²) in [5.74, 6) is 1.96. The zero-order valence-corrected chi connectivity index (χ0v) is 26.9. The number of aromatic nitrogens is 4. The molecule has 0 N–H and O–H groups in total. The minimum Gasteiger partial charge on any atom is -0.310 e. The van der Waals surface area contributed by atoms with E-state index in [-0.39, 0.29) is 0 Å². The van der Waals surface area contributed by atoms with Crippen molar-refractivity contribution >= 4 is 27.5 Å². The van der Waals surface area contributed by atoms with Gasteiger partial charge in [0, 0.05) is 33.2 Å². The predicted octanol–water partition coefficient (Wildman–Crippen LogP) is 11.5. The van der Waals surface area contributed by atoms with E-state index in [1.165, 1.54) is 38.6 Å². The van der Waals surface area contributed by atoms with Crippen molar-refractivity contribution < 1.29 is 0 Å². The summed E-state index contributed by atoms with van der Waals surface area (Å²) in [6.45, 7) is 0. The maximum atomic E-state index is 4.98. The Hall–Kier alpha value is -6.39. The molecule has 0 spiro atoms. The van der Waals surface area contributed by atoms with Gasteiger partial charge in [-0.1, -0.05) is 133 Å². The Bertz CT molecular complexity index is 2470. The largest absolute Gasteiger partial charge is 0.310 e. The smallest absolute Gasteiger partial charge is 0.164 e. The van der Waals surface area contributed by atoms with Crippen LogP contribution in [-0.2, 0) is 0 Å². The van der Waals surface area contributed by atoms with Crippen LogP contribution in [0.1, 0.15) is 12.8 Å². The zero-order valence-electron chi connectivity index (χ0n) is 26.9. The highest BCUT2D eigenvalue weighted by Crippen LogP contribution is 2.38. The molecule has 6 aromatic carbocycles. The summed E-state index contributed by atoms with van der Waals surface area (Å²) in [5.41, 5.74) is 11.2. The lowest BCUT2D eigenvalue weighted by Gasteiger charge is -2.12. The molecule has 8 aromatic rings. The summed E-state index contributed by atoms with van der Waals surface area (Å²) < 4.78 is 2.41. The molecule has 9 rings (SSSR count). The van der Waals surface area contributed by atoms with E-state index in [0.29, 0.717) is 17.5 Å². The topological polar surface area (TPSA) is 43.6 Å². The molecule has 0 amide bonds. The van der Waals surface area contributed by atoms with Gasteiger partial charge in [0.2, 0.25) is 0 Å². The summed E-state index contributed by atoms with van der Waals surface area (Å²) in [7, 11) is 0. The number of hydrogen-bond acceptors (Lipinski definition) is 3. The van der Waals surface area contributed by atoms with E-state index in [1.54, 1.807) is 0 Å². The molecule has 1 aliphatic carbocycles. The van der Waals surface area contributed by atoms with Gasteiger partial charge >= 0.3 is 0 Å². The average molecular weight is 629 g/mol. The lowest BCUT2D eigenvalue weighted by atomic mass is 9.99. The summed E-state index contributed by atoms with van der Waals surface area (Å²) in [4.78, 5) is 14.8. The van der Waals surface area contributed by atoms with Gasteiger partial charge in [-0.2, -0.15) is 0 Å². The number of fused-ring (bicyclic) bond motifs is 3. The molecule has 0 unspecified atom stereocenters. The summed E-state index contributed by atoms with van der Waals surface area (Å²) in [5, 5.41) is 2.47. The Morgan fingerprint density at radius 2 is 0.857 bits per heavy atom. The van der Waals surface area contributed by atoms with Gasteiger partial charge in [-0.25, -0.2) is 15.0 Å². The fourth-order valence-electron chi connectivity index (χ4n) is 6.83. The summed E-state index contributed by atoms with van der Waals surface area (Å²) >= 11 is 0. The number of nitrogens with zero attached hydrogens (tertiary/aromatic N) is 4. The molecule has 0 saturated heterocycles. The lowest BCUT2D eigenvalue weighted by Crippen LogP contribution is -2.00. The van der Waals surface area contributed by atoms with Crippen molar-refractivity contribution in [3.8, 4) is 56.4 Å². The van der Waals surface area contributed by atoms with Gasteiger partial charge in [-0.15, -0.1) is 0 Å². The van der Waals surface area contributed by atoms with Crippen molar-refractivity contribution in [3.05, 3.63) is 170 Å². The second-order valence-electron chi connectivity index (χ2n) is 12.4. The van der Waals surface area contributed by atoms with Gasteiger partial charge in [0.25, 0.3) is 0 Å². The molecule has 0 saturated carbocycles. The highest BCUT2D eigenvalue weighted by molar-refractivity contribution is 6.12. The third kappa shape index (κ3) is 5.43. The number of rotatable bonds is 6. The van der Waals surface area contributed by atoms with Gasteiger partial charge in [-0.05, 0) is 71.5 Å². The molecular formula is C45H32N4. The minimum atomic E-state index is 0.649. The fraction of sp³-hybridized carbons (Fsp3) is 0.0444. The number of benzene rings is 6. The van der Waals surface area contributed by atoms with Gasteiger partial charge in [0.05, 0.1) is 11.0 Å². The molecule has 0 radical (unpaired) electrons. The zero-order chi connectivity index (χ0) is 32.6. The van der Waals surface area contributed by atoms with Crippen molar-refractivity contribution in [3.63, 3.8) is 0 Å². The Labute approximate surface area is 285 Å². The van der Waals surface area contributed by atoms with Crippen LogP contribution in [0, 0.1) is 0 Å². The van der Waals surface area contributed by atoms with Gasteiger partial charge in [0.15, 0.2) is 17.5 Å². The van der Waals surface area contributed by atoms with E-state index < -0.39 is 0 Å². The van der Waals surface area contributed by atoms with E-state index in [9.17, 15) is 0 Å². The Kier molecular flexibility index (Phi) is 7.25. The quantitative estimate of drug-likeness (QED) is 0.184. The Morgan fingerprint density at radius 3 is 1.41 bits per heavy atom. The van der Waals surface area contributed by atoms with Crippen molar-refractivity contribution in [2.75, 3.05) is 0 Å². The van der Waals surface area contributed by atoms with Crippen LogP contribution < -0.4 is 0 Å². The van der Waals surface area contributed by atoms with Crippen LogP contribution in [0.25, 0.3) is 83.9 Å². The first kappa shape index (κ1) is 28.8. The molecule has 4 heteroatoms. The SMILES string of the molecule is C1=CC(n2c3ccc(-c4ccccc4)cc3c3cc(-c4cccc(-c5nc(-c6ccccc6)nc(-c6ccccc6)n5)c4)ccc32)=CCC1. The molecule has 2 heterocycles. The average Bonchev–Trinajstić information content (AvgIpc) is 3.52. The third-order valence-corrected chi connectivity index (χ3v) is 9.26. The molecule has 232 valence electrons. The molecule has 2 aromatic heterocycles. The normalized spacial score (nSPS) is 12.8. The monoisotopic (exact) mass is 628 g/mol. The molecule has 1 aliphatic rings. The third-order valence-electron chi connectivity index (χ3n) is 9.26. The first-order chi connectivity index (χ1) is 24.3. The van der Waals surface area contributed by atoms with Gasteiger partial charge in [-0.3, -0.25) is 0 Å². The first-order valence-corrected chi connectivity index (χ1v) is 16.8. The second kappa shape index (κ2) is 12.3. The van der Waals surface area contributed by atoms with Crippen molar-refractivity contribution in [2.45, 2.75) is 12.8 Å². The van der Waals surface area contributed by atoms with Crippen LogP contribution in [-0.4, -0.2) is 19.5 Å². The Morgan fingerprint density at radius 1 is 0.388 bits per heavy atom. The van der Waals surface area contributed by atoms with Gasteiger partial charge in [0.1, 0.15) is 0 Å². The molecular weight excluding hydrogens is 597 g/mol. The van der Waals surface area contributed by atoms with E-state index in [2.05, 4.69) is 114 Å². The molecule has 0 bridgehead atoms. The van der Waals surface area contributed by atoms with E-state index >= 15 is 0 Å². The van der Waals surface area contributed by atoms with Crippen LogP contribution in [0.2, 0.25) is 0 Å². The van der Waals surface area contributed by atoms with E-state index in [4.69, 9.17) is 15.0 Å². The number of allylic oxidation sites excluding steroid dienone is 4. The summed E-state index contributed by atoms with van der Waals surface area (Å²) in [6, 6.07) is 53.1. The Balaban J connectivity index is 1.19. The highest BCUT2D eigenvalue weighted by atomic mass is 15.0. The second-order valence-corrected chi connectivity index (χ2v) is 12.4. The fourth-order valence-corrected chi connectivity index (χ4v) is 6.83. The number of hydrogen-bond donors (Lipinski definition) is 0. The molecule has 49 heavy (non-hydrogen) atoms. The van der Waals surface area contributed by atoms with Crippen LogP contribution >= 0.6 is 0 Å². The van der Waals surface area contributed by atoms with E-state index in [0.717, 1.165) is 40.7 Å². The standard InChI is InChI=1S/C45H32N4/c1-5-14-31(15-6-1)35-24-26-41-39(29-35)40-30-36(25-27-42(40)49(41)38-22-11-4-12-23-38)34-20-13-21-37(28-34)45-47-43(32-16-7-2-8-17-32)46-44(48-45)33-18-9-3-10-19-33/h1-3,5-11,13-30H,4,12H2. The highest BCUT2D eigenvalue weighted by Gasteiger charge is 2.17. The lowest BCUT2D eigenvalue weighted by molar-refractivity contribution is 1.02. The first-order valence-electron chi connectivity index (χ1n) is 16.8. The maximum Gasteiger partial charge on any atom is 0.164 e. The molecule has 4 nitrogen and oxygen atoms in total. The van der Waals surface area contributed by atoms with Crippen molar-refractivity contribution in [2.24, 2.45) is 0 Å². The van der Waals surface area contributed by atoms with Gasteiger partial charge < -0.3 is 4.57 Å². The van der Waals surface area contributed by atoms with E-state index in [1.807, 2.05) is 60.7 Å². The van der Waals surface area contributed by atoms with Crippen molar-refractivity contribution in [1.82, 2.24) is 19.5 Å². The summed E-state index contributed by atoms with van der Waals surface area (Å²) in [6.07, 6.45) is 9.02. The predicted molar refractivity (Wildman–Crippen MR) is 203 cm³/mol. The molecule has 0 atom stereocenters. The van der Waals surface area contributed by atoms with Crippen LogP contribution in [0.3, 0.4) is 0 Å². The van der Waals surface area contributed by atoms with Crippen LogP contribution in [0.15, 0.2) is 170 Å². The molecule has 0 aliphatic heterocycles. The molecule has 0 fully saturated rings. The van der Waals surface area contributed by atoms with Crippen LogP contribution in [0.5, 0.6) is 0 Å². The van der Waals surface area contributed by atoms with Crippen molar-refractivity contribution in [1.29, 1.82) is 0 Å².